The predicted molar refractivity (Wildman–Crippen MR) is 111 cm³/mol. The summed E-state index contributed by atoms with van der Waals surface area (Å²) in [5.74, 6) is -0.767. The number of benzene rings is 1. The number of pyridine rings is 1. The number of hydrogen-bond acceptors (Lipinski definition) is 4. The van der Waals surface area contributed by atoms with Crippen LogP contribution in [0, 0.1) is 11.6 Å². The van der Waals surface area contributed by atoms with Crippen LogP contribution in [0.4, 0.5) is 13.6 Å². The highest BCUT2D eigenvalue weighted by molar-refractivity contribution is 5.68. The lowest BCUT2D eigenvalue weighted by Crippen LogP contribution is -2.59. The van der Waals surface area contributed by atoms with Crippen molar-refractivity contribution in [3.05, 3.63) is 65.5 Å². The predicted octanol–water partition coefficient (Wildman–Crippen LogP) is 4.78. The molecule has 0 aliphatic carbocycles. The highest BCUT2D eigenvalue weighted by Gasteiger charge is 2.39. The van der Waals surface area contributed by atoms with Crippen molar-refractivity contribution in [1.82, 2.24) is 14.8 Å². The maximum absolute atomic E-state index is 14.7. The first kappa shape index (κ1) is 22.2. The molecule has 162 valence electrons. The van der Waals surface area contributed by atoms with Crippen molar-refractivity contribution in [2.45, 2.75) is 58.3 Å². The lowest BCUT2D eigenvalue weighted by molar-refractivity contribution is -0.0170. The second-order valence-electron chi connectivity index (χ2n) is 8.85. The van der Waals surface area contributed by atoms with Gasteiger partial charge in [0.05, 0.1) is 11.7 Å². The number of halogens is 2. The normalized spacial score (nSPS) is 21.4. The van der Waals surface area contributed by atoms with Gasteiger partial charge in [0.25, 0.3) is 0 Å². The number of carbonyl (C=O) groups is 1. The Morgan fingerprint density at radius 3 is 2.37 bits per heavy atom. The summed E-state index contributed by atoms with van der Waals surface area (Å²) >= 11 is 0. The number of carbonyl (C=O) groups excluding carboxylic acids is 1. The molecule has 3 rings (SSSR count). The van der Waals surface area contributed by atoms with Crippen molar-refractivity contribution in [3.63, 3.8) is 0 Å². The Labute approximate surface area is 176 Å². The van der Waals surface area contributed by atoms with Gasteiger partial charge >= 0.3 is 6.09 Å². The number of nitrogens with zero attached hydrogens (tertiary/aromatic N) is 3. The molecule has 1 aromatic carbocycles. The van der Waals surface area contributed by atoms with Crippen molar-refractivity contribution in [2.24, 2.45) is 0 Å². The van der Waals surface area contributed by atoms with Gasteiger partial charge in [0.1, 0.15) is 17.2 Å². The van der Waals surface area contributed by atoms with Crippen LogP contribution in [0.2, 0.25) is 0 Å². The molecule has 7 heteroatoms. The fourth-order valence-corrected chi connectivity index (χ4v) is 3.84. The largest absolute Gasteiger partial charge is 0.444 e. The Kier molecular flexibility index (Phi) is 6.41. The standard InChI is InChI=1S/C23H29F2N3O2/c1-15-14-28(22(29)30-23(3,4)5)16(2)13-27(15)21(17-8-10-18(24)11-9-17)20-19(25)7-6-12-26-20/h6-12,15-16,21H,13-14H2,1-5H3/t15-,16+,21?/m1/s1. The summed E-state index contributed by atoms with van der Waals surface area (Å²) < 4.78 is 33.8. The first-order valence-corrected chi connectivity index (χ1v) is 10.2. The summed E-state index contributed by atoms with van der Waals surface area (Å²) in [5, 5.41) is 0. The van der Waals surface area contributed by atoms with Crippen LogP contribution in [0.5, 0.6) is 0 Å². The fraction of sp³-hybridized carbons (Fsp3) is 0.478. The Morgan fingerprint density at radius 1 is 1.10 bits per heavy atom. The van der Waals surface area contributed by atoms with Gasteiger partial charge in [0.15, 0.2) is 0 Å². The van der Waals surface area contributed by atoms with E-state index < -0.39 is 17.5 Å². The number of amides is 1. The van der Waals surface area contributed by atoms with Crippen LogP contribution >= 0.6 is 0 Å². The molecule has 2 heterocycles. The number of aromatic nitrogens is 1. The van der Waals surface area contributed by atoms with Gasteiger partial charge in [0, 0.05) is 31.4 Å². The van der Waals surface area contributed by atoms with E-state index in [1.807, 2.05) is 34.6 Å². The maximum Gasteiger partial charge on any atom is 0.410 e. The lowest BCUT2D eigenvalue weighted by Gasteiger charge is -2.47. The van der Waals surface area contributed by atoms with Crippen molar-refractivity contribution in [3.8, 4) is 0 Å². The number of piperazine rings is 1. The molecule has 1 amide bonds. The molecule has 1 aliphatic rings. The molecule has 0 saturated carbocycles. The summed E-state index contributed by atoms with van der Waals surface area (Å²) in [5.41, 5.74) is 0.456. The Morgan fingerprint density at radius 2 is 1.77 bits per heavy atom. The zero-order valence-corrected chi connectivity index (χ0v) is 18.1. The monoisotopic (exact) mass is 417 g/mol. The minimum Gasteiger partial charge on any atom is -0.444 e. The SMILES string of the molecule is C[C@@H]1CN(C(=O)OC(C)(C)C)[C@@H](C)CN1C(c1ccc(F)cc1)c1ncccc1F. The van der Waals surface area contributed by atoms with Crippen molar-refractivity contribution in [1.29, 1.82) is 0 Å². The van der Waals surface area contributed by atoms with Crippen LogP contribution in [-0.2, 0) is 4.74 Å². The molecule has 1 unspecified atom stereocenters. The molecule has 30 heavy (non-hydrogen) atoms. The van der Waals surface area contributed by atoms with E-state index in [1.165, 1.54) is 18.2 Å². The summed E-state index contributed by atoms with van der Waals surface area (Å²) in [6, 6.07) is 8.25. The molecule has 1 aromatic heterocycles. The highest BCUT2D eigenvalue weighted by atomic mass is 19.1. The quantitative estimate of drug-likeness (QED) is 0.721. The molecular weight excluding hydrogens is 388 g/mol. The maximum atomic E-state index is 14.7. The third-order valence-electron chi connectivity index (χ3n) is 5.23. The molecule has 0 bridgehead atoms. The summed E-state index contributed by atoms with van der Waals surface area (Å²) in [6.45, 7) is 10.4. The van der Waals surface area contributed by atoms with E-state index in [4.69, 9.17) is 4.74 Å². The van der Waals surface area contributed by atoms with Gasteiger partial charge in [-0.05, 0) is 64.4 Å². The van der Waals surface area contributed by atoms with E-state index in [-0.39, 0.29) is 29.7 Å². The molecule has 2 aromatic rings. The molecule has 0 radical (unpaired) electrons. The third-order valence-corrected chi connectivity index (χ3v) is 5.23. The minimum atomic E-state index is -0.578. The molecule has 0 spiro atoms. The second kappa shape index (κ2) is 8.68. The van der Waals surface area contributed by atoms with E-state index >= 15 is 0 Å². The van der Waals surface area contributed by atoms with Crippen LogP contribution in [0.1, 0.15) is 51.9 Å². The molecular formula is C23H29F2N3O2. The molecule has 1 fully saturated rings. The van der Waals surface area contributed by atoms with E-state index in [0.29, 0.717) is 13.1 Å². The van der Waals surface area contributed by atoms with E-state index in [9.17, 15) is 13.6 Å². The van der Waals surface area contributed by atoms with E-state index in [2.05, 4.69) is 9.88 Å². The van der Waals surface area contributed by atoms with Crippen molar-refractivity contribution in [2.75, 3.05) is 13.1 Å². The summed E-state index contributed by atoms with van der Waals surface area (Å²) in [4.78, 5) is 20.8. The van der Waals surface area contributed by atoms with E-state index in [0.717, 1.165) is 5.56 Å². The molecule has 0 N–H and O–H groups in total. The van der Waals surface area contributed by atoms with E-state index in [1.54, 1.807) is 29.3 Å². The Balaban J connectivity index is 1.92. The zero-order valence-electron chi connectivity index (χ0n) is 18.1. The van der Waals surface area contributed by atoms with Crippen LogP contribution in [0.3, 0.4) is 0 Å². The summed E-state index contributed by atoms with van der Waals surface area (Å²) in [7, 11) is 0. The third kappa shape index (κ3) is 4.95. The topological polar surface area (TPSA) is 45.7 Å². The van der Waals surface area contributed by atoms with Crippen molar-refractivity contribution < 1.29 is 18.3 Å². The number of ether oxygens (including phenoxy) is 1. The van der Waals surface area contributed by atoms with Gasteiger partial charge in [0.2, 0.25) is 0 Å². The van der Waals surface area contributed by atoms with Gasteiger partial charge in [-0.2, -0.15) is 0 Å². The average molecular weight is 418 g/mol. The van der Waals surface area contributed by atoms with Gasteiger partial charge in [-0.3, -0.25) is 9.88 Å². The first-order chi connectivity index (χ1) is 14.1. The lowest BCUT2D eigenvalue weighted by atomic mass is 9.96. The fourth-order valence-electron chi connectivity index (χ4n) is 3.84. The smallest absolute Gasteiger partial charge is 0.410 e. The molecule has 1 saturated heterocycles. The first-order valence-electron chi connectivity index (χ1n) is 10.2. The van der Waals surface area contributed by atoms with Crippen LogP contribution < -0.4 is 0 Å². The number of hydrogen-bond donors (Lipinski definition) is 0. The Bertz CT molecular complexity index is 883. The van der Waals surface area contributed by atoms with Crippen molar-refractivity contribution >= 4 is 6.09 Å². The van der Waals surface area contributed by atoms with Gasteiger partial charge in [-0.25, -0.2) is 13.6 Å². The van der Waals surface area contributed by atoms with Gasteiger partial charge in [-0.15, -0.1) is 0 Å². The van der Waals surface area contributed by atoms with Gasteiger partial charge < -0.3 is 9.64 Å². The van der Waals surface area contributed by atoms with Crippen LogP contribution in [0.15, 0.2) is 42.6 Å². The van der Waals surface area contributed by atoms with Gasteiger partial charge in [-0.1, -0.05) is 12.1 Å². The minimum absolute atomic E-state index is 0.0924. The summed E-state index contributed by atoms with van der Waals surface area (Å²) in [6.07, 6.45) is 1.20. The molecule has 1 aliphatic heterocycles. The molecule has 3 atom stereocenters. The average Bonchev–Trinajstić information content (AvgIpc) is 2.66. The second-order valence-corrected chi connectivity index (χ2v) is 8.85. The molecule has 5 nitrogen and oxygen atoms in total. The Hall–Kier alpha value is -2.54. The van der Waals surface area contributed by atoms with Crippen LogP contribution in [0.25, 0.3) is 0 Å². The van der Waals surface area contributed by atoms with Crippen LogP contribution in [-0.4, -0.2) is 51.7 Å². The number of rotatable bonds is 3. The highest BCUT2D eigenvalue weighted by Crippen LogP contribution is 2.34. The zero-order chi connectivity index (χ0) is 22.1.